The van der Waals surface area contributed by atoms with E-state index in [1.54, 1.807) is 12.1 Å². The summed E-state index contributed by atoms with van der Waals surface area (Å²) in [4.78, 5) is 16.7. The molecule has 1 aromatic carbocycles. The SMILES string of the molecule is COc1cc(I)c(Cl)cc1C(=O)N(C)OC. The van der Waals surface area contributed by atoms with Crippen molar-refractivity contribution in [2.45, 2.75) is 0 Å². The molecule has 4 nitrogen and oxygen atoms in total. The molecule has 0 aromatic heterocycles. The second kappa shape index (κ2) is 5.70. The summed E-state index contributed by atoms with van der Waals surface area (Å²) < 4.78 is 5.96. The van der Waals surface area contributed by atoms with Gasteiger partial charge in [0, 0.05) is 10.6 Å². The second-order valence-electron chi connectivity index (χ2n) is 2.95. The largest absolute Gasteiger partial charge is 0.496 e. The van der Waals surface area contributed by atoms with Crippen LogP contribution < -0.4 is 4.74 Å². The van der Waals surface area contributed by atoms with Crippen molar-refractivity contribution in [2.24, 2.45) is 0 Å². The van der Waals surface area contributed by atoms with Gasteiger partial charge in [-0.1, -0.05) is 11.6 Å². The number of ether oxygens (including phenoxy) is 1. The lowest BCUT2D eigenvalue weighted by Crippen LogP contribution is -2.25. The number of amides is 1. The Hall–Kier alpha value is -0.530. The van der Waals surface area contributed by atoms with E-state index in [-0.39, 0.29) is 5.91 Å². The molecule has 0 N–H and O–H groups in total. The van der Waals surface area contributed by atoms with Crippen molar-refractivity contribution in [3.8, 4) is 5.75 Å². The first kappa shape index (κ1) is 13.5. The fraction of sp³-hybridized carbons (Fsp3) is 0.300. The number of methoxy groups -OCH3 is 1. The Morgan fingerprint density at radius 1 is 1.44 bits per heavy atom. The first-order valence-corrected chi connectivity index (χ1v) is 5.82. The van der Waals surface area contributed by atoms with Gasteiger partial charge in [-0.15, -0.1) is 0 Å². The van der Waals surface area contributed by atoms with Gasteiger partial charge in [0.05, 0.1) is 24.8 Å². The molecule has 0 aliphatic carbocycles. The normalized spacial score (nSPS) is 10.1. The summed E-state index contributed by atoms with van der Waals surface area (Å²) in [7, 11) is 4.44. The maximum absolute atomic E-state index is 11.9. The Balaban J connectivity index is 3.21. The summed E-state index contributed by atoms with van der Waals surface area (Å²) in [6.45, 7) is 0. The molecule has 88 valence electrons. The predicted octanol–water partition coefficient (Wildman–Crippen LogP) is 2.59. The smallest absolute Gasteiger partial charge is 0.280 e. The molecule has 0 bridgehead atoms. The maximum atomic E-state index is 11.9. The molecular formula is C10H11ClINO3. The van der Waals surface area contributed by atoms with Crippen molar-refractivity contribution in [1.29, 1.82) is 0 Å². The van der Waals surface area contributed by atoms with Crippen LogP contribution in [0.3, 0.4) is 0 Å². The number of hydroxylamine groups is 2. The minimum Gasteiger partial charge on any atom is -0.496 e. The van der Waals surface area contributed by atoms with Crippen LogP contribution in [0.25, 0.3) is 0 Å². The van der Waals surface area contributed by atoms with E-state index in [0.29, 0.717) is 16.3 Å². The highest BCUT2D eigenvalue weighted by atomic mass is 127. The van der Waals surface area contributed by atoms with Crippen LogP contribution in [-0.4, -0.2) is 32.2 Å². The van der Waals surface area contributed by atoms with E-state index >= 15 is 0 Å². The lowest BCUT2D eigenvalue weighted by molar-refractivity contribution is -0.0758. The molecule has 16 heavy (non-hydrogen) atoms. The van der Waals surface area contributed by atoms with E-state index < -0.39 is 0 Å². The molecule has 1 amide bonds. The fourth-order valence-electron chi connectivity index (χ4n) is 1.12. The van der Waals surface area contributed by atoms with Gasteiger partial charge in [-0.2, -0.15) is 0 Å². The number of carbonyl (C=O) groups is 1. The number of carbonyl (C=O) groups excluding carboxylic acids is 1. The number of nitrogens with zero attached hydrogens (tertiary/aromatic N) is 1. The lowest BCUT2D eigenvalue weighted by atomic mass is 10.2. The molecule has 0 saturated carbocycles. The topological polar surface area (TPSA) is 38.8 Å². The van der Waals surface area contributed by atoms with Crippen LogP contribution in [0, 0.1) is 3.57 Å². The minimum absolute atomic E-state index is 0.308. The van der Waals surface area contributed by atoms with E-state index in [9.17, 15) is 4.79 Å². The van der Waals surface area contributed by atoms with Gasteiger partial charge in [0.2, 0.25) is 0 Å². The van der Waals surface area contributed by atoms with E-state index in [2.05, 4.69) is 22.6 Å². The van der Waals surface area contributed by atoms with Gasteiger partial charge in [-0.05, 0) is 34.7 Å². The standard InChI is InChI=1S/C10H11ClINO3/c1-13(16-3)10(14)6-4-7(11)8(12)5-9(6)15-2/h4-5H,1-3H3. The molecule has 0 fully saturated rings. The zero-order valence-electron chi connectivity index (χ0n) is 9.08. The Morgan fingerprint density at radius 3 is 2.56 bits per heavy atom. The fourth-order valence-corrected chi connectivity index (χ4v) is 1.72. The van der Waals surface area contributed by atoms with Crippen molar-refractivity contribution in [3.63, 3.8) is 0 Å². The number of halogens is 2. The maximum Gasteiger partial charge on any atom is 0.280 e. The number of benzene rings is 1. The van der Waals surface area contributed by atoms with Gasteiger partial charge in [-0.3, -0.25) is 9.63 Å². The Labute approximate surface area is 113 Å². The van der Waals surface area contributed by atoms with Crippen LogP contribution >= 0.6 is 34.2 Å². The Morgan fingerprint density at radius 2 is 2.06 bits per heavy atom. The molecule has 0 atom stereocenters. The summed E-state index contributed by atoms with van der Waals surface area (Å²) in [5.41, 5.74) is 0.372. The quantitative estimate of drug-likeness (QED) is 0.618. The highest BCUT2D eigenvalue weighted by Gasteiger charge is 2.18. The first-order valence-electron chi connectivity index (χ1n) is 4.36. The molecule has 0 radical (unpaired) electrons. The minimum atomic E-state index is -0.308. The summed E-state index contributed by atoms with van der Waals surface area (Å²) in [6.07, 6.45) is 0. The van der Waals surface area contributed by atoms with Crippen molar-refractivity contribution in [1.82, 2.24) is 5.06 Å². The summed E-state index contributed by atoms with van der Waals surface area (Å²) in [6, 6.07) is 3.28. The van der Waals surface area contributed by atoms with E-state index in [4.69, 9.17) is 21.2 Å². The van der Waals surface area contributed by atoms with Crippen LogP contribution in [0.1, 0.15) is 10.4 Å². The number of hydrogen-bond acceptors (Lipinski definition) is 3. The highest BCUT2D eigenvalue weighted by molar-refractivity contribution is 14.1. The monoisotopic (exact) mass is 355 g/mol. The number of hydrogen-bond donors (Lipinski definition) is 0. The van der Waals surface area contributed by atoms with Crippen LogP contribution in [0.4, 0.5) is 0 Å². The zero-order valence-corrected chi connectivity index (χ0v) is 12.0. The van der Waals surface area contributed by atoms with Crippen LogP contribution in [0.2, 0.25) is 5.02 Å². The van der Waals surface area contributed by atoms with E-state index in [1.165, 1.54) is 21.3 Å². The van der Waals surface area contributed by atoms with Crippen LogP contribution in [0.15, 0.2) is 12.1 Å². The van der Waals surface area contributed by atoms with E-state index in [1.807, 2.05) is 0 Å². The van der Waals surface area contributed by atoms with Crippen molar-refractivity contribution >= 4 is 40.1 Å². The van der Waals surface area contributed by atoms with Crippen molar-refractivity contribution in [2.75, 3.05) is 21.3 Å². The molecular weight excluding hydrogens is 344 g/mol. The third kappa shape index (κ3) is 2.78. The Kier molecular flexibility index (Phi) is 4.82. The highest BCUT2D eigenvalue weighted by Crippen LogP contribution is 2.28. The third-order valence-corrected chi connectivity index (χ3v) is 3.56. The zero-order chi connectivity index (χ0) is 12.3. The second-order valence-corrected chi connectivity index (χ2v) is 4.52. The molecule has 0 aliphatic rings. The molecule has 0 spiro atoms. The lowest BCUT2D eigenvalue weighted by Gasteiger charge is -2.16. The molecule has 6 heteroatoms. The molecule has 0 heterocycles. The predicted molar refractivity (Wildman–Crippen MR) is 69.8 cm³/mol. The van der Waals surface area contributed by atoms with Gasteiger partial charge in [0.1, 0.15) is 5.75 Å². The van der Waals surface area contributed by atoms with E-state index in [0.717, 1.165) is 8.63 Å². The molecule has 0 saturated heterocycles. The van der Waals surface area contributed by atoms with Gasteiger partial charge in [0.25, 0.3) is 5.91 Å². The summed E-state index contributed by atoms with van der Waals surface area (Å²) in [5, 5.41) is 1.62. The Bertz CT molecular complexity index is 411. The van der Waals surface area contributed by atoms with Crippen LogP contribution in [-0.2, 0) is 4.84 Å². The molecule has 0 aliphatic heterocycles. The average molecular weight is 356 g/mol. The van der Waals surface area contributed by atoms with Crippen molar-refractivity contribution < 1.29 is 14.4 Å². The van der Waals surface area contributed by atoms with Gasteiger partial charge >= 0.3 is 0 Å². The summed E-state index contributed by atoms with van der Waals surface area (Å²) >= 11 is 8.03. The molecule has 0 unspecified atom stereocenters. The summed E-state index contributed by atoms with van der Waals surface area (Å²) in [5.74, 6) is 0.167. The number of rotatable bonds is 3. The first-order chi connectivity index (χ1) is 7.51. The van der Waals surface area contributed by atoms with Crippen molar-refractivity contribution in [3.05, 3.63) is 26.3 Å². The van der Waals surface area contributed by atoms with Gasteiger partial charge in [0.15, 0.2) is 0 Å². The van der Waals surface area contributed by atoms with Gasteiger partial charge in [-0.25, -0.2) is 5.06 Å². The average Bonchev–Trinajstić information content (AvgIpc) is 2.30. The van der Waals surface area contributed by atoms with Crippen LogP contribution in [0.5, 0.6) is 5.75 Å². The molecule has 1 aromatic rings. The van der Waals surface area contributed by atoms with Gasteiger partial charge < -0.3 is 4.74 Å². The third-order valence-electron chi connectivity index (χ3n) is 2.03. The molecule has 1 rings (SSSR count).